The van der Waals surface area contributed by atoms with Crippen LogP contribution in [0.25, 0.3) is 16.8 Å². The van der Waals surface area contributed by atoms with Crippen LogP contribution < -0.4 is 16.4 Å². The number of piperazine rings is 1. The van der Waals surface area contributed by atoms with Gasteiger partial charge in [0, 0.05) is 61.8 Å². The van der Waals surface area contributed by atoms with Gasteiger partial charge in [0.05, 0.1) is 0 Å². The van der Waals surface area contributed by atoms with Crippen molar-refractivity contribution in [1.29, 1.82) is 0 Å². The van der Waals surface area contributed by atoms with Gasteiger partial charge in [0.15, 0.2) is 5.65 Å². The van der Waals surface area contributed by atoms with Gasteiger partial charge in [-0.2, -0.15) is 4.98 Å². The third-order valence-electron chi connectivity index (χ3n) is 7.03. The van der Waals surface area contributed by atoms with Gasteiger partial charge < -0.3 is 21.3 Å². The highest BCUT2D eigenvalue weighted by Gasteiger charge is 2.23. The maximum Gasteiger partial charge on any atom is 0.314 e. The van der Waals surface area contributed by atoms with Crippen molar-refractivity contribution in [2.45, 2.75) is 25.4 Å². The van der Waals surface area contributed by atoms with Gasteiger partial charge >= 0.3 is 6.03 Å². The lowest BCUT2D eigenvalue weighted by molar-refractivity contribution is 0.0951. The monoisotopic (exact) mass is 510 g/mol. The molecule has 4 aromatic rings. The van der Waals surface area contributed by atoms with Crippen LogP contribution in [-0.2, 0) is 6.54 Å². The predicted octanol–water partition coefficient (Wildman–Crippen LogP) is 3.23. The second kappa shape index (κ2) is 10.1. The van der Waals surface area contributed by atoms with E-state index < -0.39 is 0 Å². The van der Waals surface area contributed by atoms with Crippen molar-refractivity contribution < 1.29 is 9.59 Å². The van der Waals surface area contributed by atoms with E-state index in [0.29, 0.717) is 30.6 Å². The van der Waals surface area contributed by atoms with E-state index in [1.807, 2.05) is 30.5 Å². The number of urea groups is 1. The molecule has 10 heteroatoms. The first-order valence-electron chi connectivity index (χ1n) is 12.9. The fourth-order valence-electron chi connectivity index (χ4n) is 4.69. The smallest absolute Gasteiger partial charge is 0.314 e. The van der Waals surface area contributed by atoms with Crippen molar-refractivity contribution in [2.75, 3.05) is 31.5 Å². The van der Waals surface area contributed by atoms with E-state index in [4.69, 9.17) is 10.7 Å². The molecule has 3 heterocycles. The van der Waals surface area contributed by atoms with Gasteiger partial charge in [-0.15, -0.1) is 5.10 Å². The van der Waals surface area contributed by atoms with E-state index in [-0.39, 0.29) is 11.9 Å². The summed E-state index contributed by atoms with van der Waals surface area (Å²) in [7, 11) is 0. The normalized spacial score (nSPS) is 15.9. The Morgan fingerprint density at radius 3 is 2.37 bits per heavy atom. The molecule has 0 unspecified atom stereocenters. The maximum atomic E-state index is 12.2. The number of pyridine rings is 1. The Kier molecular flexibility index (Phi) is 6.38. The first kappa shape index (κ1) is 23.9. The van der Waals surface area contributed by atoms with E-state index in [1.165, 1.54) is 5.56 Å². The summed E-state index contributed by atoms with van der Waals surface area (Å²) in [5.74, 6) is 0.450. The number of primary amides is 1. The summed E-state index contributed by atoms with van der Waals surface area (Å²) in [6.45, 7) is 3.79. The molecule has 1 aliphatic heterocycles. The summed E-state index contributed by atoms with van der Waals surface area (Å²) in [6, 6.07) is 19.8. The molecule has 1 saturated heterocycles. The molecule has 6 rings (SSSR count). The molecule has 2 aliphatic rings. The van der Waals surface area contributed by atoms with Crippen molar-refractivity contribution in [3.8, 4) is 11.1 Å². The standard InChI is InChI=1S/C28H30N8O2/c29-27(38)35-16-14-34(15-17-35)18-19-3-5-20(6-4-19)24-2-1-13-36-25(24)32-28(33-36)31-23-9-7-21(8-10-23)26(37)30-22-11-12-22/h1-10,13,22H,11-12,14-18H2,(H2,29,38)(H,30,37)(H,31,33). The Balaban J connectivity index is 1.13. The molecule has 10 nitrogen and oxygen atoms in total. The number of hydrogen-bond donors (Lipinski definition) is 3. The number of hydrogen-bond acceptors (Lipinski definition) is 6. The van der Waals surface area contributed by atoms with Crippen LogP contribution in [-0.4, -0.2) is 68.6 Å². The lowest BCUT2D eigenvalue weighted by Gasteiger charge is -2.33. The van der Waals surface area contributed by atoms with Crippen LogP contribution in [0.5, 0.6) is 0 Å². The summed E-state index contributed by atoms with van der Waals surface area (Å²) in [6.07, 6.45) is 4.01. The summed E-state index contributed by atoms with van der Waals surface area (Å²) < 4.78 is 1.77. The second-order valence-electron chi connectivity index (χ2n) is 9.87. The minimum Gasteiger partial charge on any atom is -0.351 e. The molecule has 1 aliphatic carbocycles. The average molecular weight is 511 g/mol. The van der Waals surface area contributed by atoms with Crippen LogP contribution in [0.3, 0.4) is 0 Å². The lowest BCUT2D eigenvalue weighted by atomic mass is 10.0. The predicted molar refractivity (Wildman–Crippen MR) is 145 cm³/mol. The van der Waals surface area contributed by atoms with Crippen LogP contribution in [0.1, 0.15) is 28.8 Å². The number of carbonyl (C=O) groups excluding carboxylic acids is 2. The zero-order chi connectivity index (χ0) is 26.1. The third-order valence-corrected chi connectivity index (χ3v) is 7.03. The molecule has 0 radical (unpaired) electrons. The summed E-state index contributed by atoms with van der Waals surface area (Å²) in [4.78, 5) is 32.3. The molecular formula is C28H30N8O2. The largest absolute Gasteiger partial charge is 0.351 e. The Hall–Kier alpha value is -4.44. The lowest BCUT2D eigenvalue weighted by Crippen LogP contribution is -2.50. The van der Waals surface area contributed by atoms with Crippen molar-refractivity contribution in [1.82, 2.24) is 29.7 Å². The number of fused-ring (bicyclic) bond motifs is 1. The fourth-order valence-corrected chi connectivity index (χ4v) is 4.69. The molecule has 0 atom stereocenters. The van der Waals surface area contributed by atoms with Gasteiger partial charge in [0.2, 0.25) is 5.95 Å². The fraction of sp³-hybridized carbons (Fsp3) is 0.286. The highest BCUT2D eigenvalue weighted by molar-refractivity contribution is 5.95. The molecule has 0 spiro atoms. The van der Waals surface area contributed by atoms with Crippen LogP contribution >= 0.6 is 0 Å². The minimum absolute atomic E-state index is 0.0359. The summed E-state index contributed by atoms with van der Waals surface area (Å²) in [5.41, 5.74) is 10.9. The summed E-state index contributed by atoms with van der Waals surface area (Å²) >= 11 is 0. The number of anilines is 2. The van der Waals surface area contributed by atoms with E-state index >= 15 is 0 Å². The SMILES string of the molecule is NC(=O)N1CCN(Cc2ccc(-c3cccn4nc(Nc5ccc(C(=O)NC6CC6)cc5)nc34)cc2)CC1. The van der Waals surface area contributed by atoms with Gasteiger partial charge in [-0.1, -0.05) is 24.3 Å². The molecule has 3 amide bonds. The first-order chi connectivity index (χ1) is 18.5. The number of nitrogens with two attached hydrogens (primary N) is 1. The van der Waals surface area contributed by atoms with E-state index in [9.17, 15) is 9.59 Å². The second-order valence-corrected chi connectivity index (χ2v) is 9.87. The van der Waals surface area contributed by atoms with Crippen LogP contribution in [0.4, 0.5) is 16.4 Å². The molecule has 194 valence electrons. The number of carbonyl (C=O) groups is 2. The van der Waals surface area contributed by atoms with Crippen LogP contribution in [0.15, 0.2) is 66.9 Å². The van der Waals surface area contributed by atoms with E-state index in [0.717, 1.165) is 54.9 Å². The molecule has 38 heavy (non-hydrogen) atoms. The number of nitrogens with one attached hydrogen (secondary N) is 2. The summed E-state index contributed by atoms with van der Waals surface area (Å²) in [5, 5.41) is 10.8. The number of nitrogens with zero attached hydrogens (tertiary/aromatic N) is 5. The molecule has 4 N–H and O–H groups in total. The number of rotatable bonds is 7. The first-order valence-corrected chi connectivity index (χ1v) is 12.9. The number of benzene rings is 2. The molecule has 0 bridgehead atoms. The van der Waals surface area contributed by atoms with Crippen molar-refractivity contribution in [2.24, 2.45) is 5.73 Å². The van der Waals surface area contributed by atoms with Gasteiger partial charge in [-0.25, -0.2) is 9.31 Å². The van der Waals surface area contributed by atoms with Crippen LogP contribution in [0.2, 0.25) is 0 Å². The quantitative estimate of drug-likeness (QED) is 0.351. The molecule has 2 aromatic heterocycles. The van der Waals surface area contributed by atoms with Gasteiger partial charge in [-0.05, 0) is 60.4 Å². The molecule has 2 fully saturated rings. The topological polar surface area (TPSA) is 121 Å². The highest BCUT2D eigenvalue weighted by Crippen LogP contribution is 2.26. The average Bonchev–Trinajstić information content (AvgIpc) is 3.65. The number of amides is 3. The zero-order valence-electron chi connectivity index (χ0n) is 21.0. The number of aromatic nitrogens is 3. The van der Waals surface area contributed by atoms with Crippen LogP contribution in [0, 0.1) is 0 Å². The van der Waals surface area contributed by atoms with Gasteiger partial charge in [-0.3, -0.25) is 9.69 Å². The van der Waals surface area contributed by atoms with E-state index in [1.54, 1.807) is 21.5 Å². The van der Waals surface area contributed by atoms with Crippen molar-refractivity contribution in [3.05, 3.63) is 78.0 Å². The van der Waals surface area contributed by atoms with Gasteiger partial charge in [0.1, 0.15) is 0 Å². The minimum atomic E-state index is -0.346. The Bertz CT molecular complexity index is 1450. The Labute approximate surface area is 220 Å². The van der Waals surface area contributed by atoms with Crippen molar-refractivity contribution >= 4 is 29.2 Å². The van der Waals surface area contributed by atoms with Crippen molar-refractivity contribution in [3.63, 3.8) is 0 Å². The maximum absolute atomic E-state index is 12.2. The third kappa shape index (κ3) is 5.30. The Morgan fingerprint density at radius 2 is 1.68 bits per heavy atom. The Morgan fingerprint density at radius 1 is 0.947 bits per heavy atom. The van der Waals surface area contributed by atoms with E-state index in [2.05, 4.69) is 44.9 Å². The highest BCUT2D eigenvalue weighted by atomic mass is 16.2. The molecular weight excluding hydrogens is 480 g/mol. The molecule has 2 aromatic carbocycles. The van der Waals surface area contributed by atoms with Gasteiger partial charge in [0.25, 0.3) is 5.91 Å². The molecule has 1 saturated carbocycles. The zero-order valence-corrected chi connectivity index (χ0v) is 21.0.